The van der Waals surface area contributed by atoms with E-state index < -0.39 is 6.09 Å². The summed E-state index contributed by atoms with van der Waals surface area (Å²) >= 11 is 0. The molecular formula is C26H34N2O4. The van der Waals surface area contributed by atoms with Gasteiger partial charge in [-0.1, -0.05) is 51.1 Å². The van der Waals surface area contributed by atoms with Crippen LogP contribution in [0.5, 0.6) is 11.5 Å². The van der Waals surface area contributed by atoms with E-state index in [0.717, 1.165) is 31.0 Å². The fraction of sp³-hybridized carbons (Fsp3) is 0.462. The summed E-state index contributed by atoms with van der Waals surface area (Å²) in [4.78, 5) is 26.3. The summed E-state index contributed by atoms with van der Waals surface area (Å²) in [6, 6.07) is 18.0. The van der Waals surface area contributed by atoms with Crippen LogP contribution in [0, 0.1) is 11.8 Å². The largest absolute Gasteiger partial charge is 0.457 e. The summed E-state index contributed by atoms with van der Waals surface area (Å²) in [5.41, 5.74) is 1.33. The van der Waals surface area contributed by atoms with Crippen LogP contribution in [0.4, 0.5) is 4.79 Å². The van der Waals surface area contributed by atoms with Gasteiger partial charge in [0, 0.05) is 25.0 Å². The Morgan fingerprint density at radius 3 is 2.38 bits per heavy atom. The van der Waals surface area contributed by atoms with E-state index in [-0.39, 0.29) is 17.2 Å². The van der Waals surface area contributed by atoms with Crippen molar-refractivity contribution in [3.63, 3.8) is 0 Å². The number of nitrogens with one attached hydrogen (secondary N) is 1. The van der Waals surface area contributed by atoms with E-state index in [0.29, 0.717) is 18.9 Å². The van der Waals surface area contributed by atoms with Crippen LogP contribution in [0.2, 0.25) is 0 Å². The Kier molecular flexibility index (Phi) is 7.78. The van der Waals surface area contributed by atoms with Gasteiger partial charge >= 0.3 is 6.09 Å². The first-order chi connectivity index (χ1) is 15.6. The maximum Gasteiger partial charge on any atom is 0.406 e. The molecule has 0 radical (unpaired) electrons. The van der Waals surface area contributed by atoms with Gasteiger partial charge in [-0.25, -0.2) is 4.79 Å². The van der Waals surface area contributed by atoms with Crippen LogP contribution in [-0.2, 0) is 14.9 Å². The number of hydrogen-bond acceptors (Lipinski definition) is 4. The highest BCUT2D eigenvalue weighted by atomic mass is 16.5. The fourth-order valence-electron chi connectivity index (χ4n) is 4.52. The third-order valence-corrected chi connectivity index (χ3v) is 6.39. The fourth-order valence-corrected chi connectivity index (χ4v) is 4.52. The Morgan fingerprint density at radius 2 is 1.75 bits per heavy atom. The zero-order valence-electron chi connectivity index (χ0n) is 19.5. The molecule has 3 unspecified atom stereocenters. The minimum atomic E-state index is -0.500. The first kappa shape index (κ1) is 23.6. The number of alkyl carbamates (subject to hydrolysis) is 1. The smallest absolute Gasteiger partial charge is 0.406 e. The Hall–Kier alpha value is -3.02. The molecule has 2 amide bonds. The van der Waals surface area contributed by atoms with E-state index in [1.165, 1.54) is 12.7 Å². The number of piperidine rings is 1. The van der Waals surface area contributed by atoms with Gasteiger partial charge in [-0.3, -0.25) is 4.79 Å². The molecule has 0 aromatic heterocycles. The number of ether oxygens (including phenoxy) is 2. The summed E-state index contributed by atoms with van der Waals surface area (Å²) in [5, 5.41) is 2.65. The summed E-state index contributed by atoms with van der Waals surface area (Å²) in [6.45, 7) is 7.81. The highest BCUT2D eigenvalue weighted by Gasteiger charge is 2.61. The van der Waals surface area contributed by atoms with Gasteiger partial charge in [0.25, 0.3) is 0 Å². The zero-order valence-corrected chi connectivity index (χ0v) is 19.5. The lowest BCUT2D eigenvalue weighted by Gasteiger charge is -2.26. The van der Waals surface area contributed by atoms with E-state index >= 15 is 0 Å². The third-order valence-electron chi connectivity index (χ3n) is 6.39. The molecule has 1 heterocycles. The number of benzene rings is 2. The Bertz CT molecular complexity index is 900. The monoisotopic (exact) mass is 438 g/mol. The molecule has 6 nitrogen and oxygen atoms in total. The van der Waals surface area contributed by atoms with Crippen molar-refractivity contribution in [1.82, 2.24) is 10.2 Å². The van der Waals surface area contributed by atoms with Gasteiger partial charge in [0.1, 0.15) is 11.5 Å². The molecule has 32 heavy (non-hydrogen) atoms. The molecule has 3 atom stereocenters. The lowest BCUT2D eigenvalue weighted by Crippen LogP contribution is -2.42. The molecule has 0 spiro atoms. The second-order valence-corrected chi connectivity index (χ2v) is 8.19. The molecule has 1 aliphatic heterocycles. The van der Waals surface area contributed by atoms with E-state index in [2.05, 4.69) is 22.2 Å². The van der Waals surface area contributed by atoms with E-state index in [9.17, 15) is 9.59 Å². The number of carbonyl (C=O) groups is 2. The van der Waals surface area contributed by atoms with Crippen molar-refractivity contribution in [2.45, 2.75) is 39.0 Å². The maximum atomic E-state index is 13.0. The standard InChI is InChI=1S/C24H28N2O4.C2H6/c1-3-17(14-25-23(28)29-2)22(27)26-15-19-13-24(19,16-26)18-9-11-21(12-10-18)30-20-7-5-4-6-8-20;1-2/h4-12,17,19H,3,13-16H2,1-2H3,(H,25,28);1-2H3. The van der Waals surface area contributed by atoms with Gasteiger partial charge in [0.05, 0.1) is 13.0 Å². The van der Waals surface area contributed by atoms with Crippen molar-refractivity contribution >= 4 is 12.0 Å². The average Bonchev–Trinajstić information content (AvgIpc) is 3.41. The first-order valence-corrected chi connectivity index (χ1v) is 11.5. The Balaban J connectivity index is 0.00000141. The molecule has 1 saturated carbocycles. The molecule has 2 aromatic rings. The molecule has 0 bridgehead atoms. The van der Waals surface area contributed by atoms with Crippen LogP contribution in [0.3, 0.4) is 0 Å². The van der Waals surface area contributed by atoms with E-state index in [4.69, 9.17) is 4.74 Å². The van der Waals surface area contributed by atoms with Crippen molar-refractivity contribution in [2.24, 2.45) is 11.8 Å². The minimum absolute atomic E-state index is 0.0645. The number of para-hydroxylation sites is 1. The molecule has 4 rings (SSSR count). The van der Waals surface area contributed by atoms with Crippen molar-refractivity contribution in [2.75, 3.05) is 26.7 Å². The number of rotatable bonds is 7. The molecule has 6 heteroatoms. The number of hydrogen-bond donors (Lipinski definition) is 1. The quantitative estimate of drug-likeness (QED) is 0.661. The SMILES string of the molecule is CC.CCC(CNC(=O)OC)C(=O)N1CC2CC2(c2ccc(Oc3ccccc3)cc2)C1. The van der Waals surface area contributed by atoms with Crippen molar-refractivity contribution in [1.29, 1.82) is 0 Å². The Labute approximate surface area is 190 Å². The second kappa shape index (κ2) is 10.5. The van der Waals surface area contributed by atoms with Crippen molar-refractivity contribution in [3.8, 4) is 11.5 Å². The lowest BCUT2D eigenvalue weighted by atomic mass is 9.94. The zero-order chi connectivity index (χ0) is 23.1. The summed E-state index contributed by atoms with van der Waals surface area (Å²) in [7, 11) is 1.33. The Morgan fingerprint density at radius 1 is 1.09 bits per heavy atom. The number of likely N-dealkylation sites (tertiary alicyclic amines) is 1. The van der Waals surface area contributed by atoms with E-state index in [1.807, 2.05) is 68.1 Å². The first-order valence-electron chi connectivity index (χ1n) is 11.5. The number of carbonyl (C=O) groups excluding carboxylic acids is 2. The molecule has 1 aliphatic carbocycles. The lowest BCUT2D eigenvalue weighted by molar-refractivity contribution is -0.135. The molecule has 2 aromatic carbocycles. The van der Waals surface area contributed by atoms with Crippen LogP contribution in [-0.4, -0.2) is 43.6 Å². The van der Waals surface area contributed by atoms with Crippen LogP contribution in [0.1, 0.15) is 39.2 Å². The summed E-state index contributed by atoms with van der Waals surface area (Å²) in [5.74, 6) is 2.03. The minimum Gasteiger partial charge on any atom is -0.457 e. The highest BCUT2D eigenvalue weighted by Crippen LogP contribution is 2.59. The maximum absolute atomic E-state index is 13.0. The highest BCUT2D eigenvalue weighted by molar-refractivity contribution is 5.80. The predicted molar refractivity (Wildman–Crippen MR) is 125 cm³/mol. The van der Waals surface area contributed by atoms with Gasteiger partial charge < -0.3 is 19.7 Å². The van der Waals surface area contributed by atoms with Crippen molar-refractivity contribution in [3.05, 3.63) is 60.2 Å². The molecule has 2 fully saturated rings. The van der Waals surface area contributed by atoms with Crippen LogP contribution >= 0.6 is 0 Å². The second-order valence-electron chi connectivity index (χ2n) is 8.19. The third kappa shape index (κ3) is 5.06. The van der Waals surface area contributed by atoms with Gasteiger partial charge in [-0.05, 0) is 48.6 Å². The summed E-state index contributed by atoms with van der Waals surface area (Å²) in [6.07, 6.45) is 1.30. The summed E-state index contributed by atoms with van der Waals surface area (Å²) < 4.78 is 10.5. The molecule has 1 saturated heterocycles. The van der Waals surface area contributed by atoms with Crippen LogP contribution in [0.15, 0.2) is 54.6 Å². The van der Waals surface area contributed by atoms with Crippen molar-refractivity contribution < 1.29 is 19.1 Å². The molecule has 2 aliphatic rings. The molecular weight excluding hydrogens is 404 g/mol. The number of amides is 2. The van der Waals surface area contributed by atoms with Crippen LogP contribution < -0.4 is 10.1 Å². The van der Waals surface area contributed by atoms with Gasteiger partial charge in [0.15, 0.2) is 0 Å². The number of methoxy groups -OCH3 is 1. The molecule has 1 N–H and O–H groups in total. The van der Waals surface area contributed by atoms with Gasteiger partial charge in [-0.15, -0.1) is 0 Å². The molecule has 172 valence electrons. The number of nitrogens with zero attached hydrogens (tertiary/aromatic N) is 1. The van der Waals surface area contributed by atoms with E-state index in [1.54, 1.807) is 0 Å². The van der Waals surface area contributed by atoms with Gasteiger partial charge in [-0.2, -0.15) is 0 Å². The predicted octanol–water partition coefficient (Wildman–Crippen LogP) is 4.99. The number of fused-ring (bicyclic) bond motifs is 1. The van der Waals surface area contributed by atoms with Gasteiger partial charge in [0.2, 0.25) is 5.91 Å². The topological polar surface area (TPSA) is 67.9 Å². The normalized spacial score (nSPS) is 21.5. The average molecular weight is 439 g/mol. The van der Waals surface area contributed by atoms with Crippen LogP contribution in [0.25, 0.3) is 0 Å².